The first kappa shape index (κ1) is 13.2. The molecular weight excluding hydrogens is 243 g/mol. The summed E-state index contributed by atoms with van der Waals surface area (Å²) >= 11 is 0. The quantitative estimate of drug-likeness (QED) is 0.900. The molecule has 100 valence electrons. The molecule has 1 aliphatic heterocycles. The smallest absolute Gasteiger partial charge is 0.416 e. The number of hydrogen-bond acceptors (Lipinski definition) is 2. The van der Waals surface area contributed by atoms with E-state index >= 15 is 0 Å². The summed E-state index contributed by atoms with van der Waals surface area (Å²) in [4.78, 5) is 0. The van der Waals surface area contributed by atoms with Crippen molar-refractivity contribution in [1.82, 2.24) is 5.32 Å². The zero-order valence-corrected chi connectivity index (χ0v) is 9.96. The normalized spacial score (nSPS) is 20.7. The molecule has 1 aliphatic rings. The van der Waals surface area contributed by atoms with Crippen LogP contribution in [-0.4, -0.2) is 19.7 Å². The van der Waals surface area contributed by atoms with E-state index in [9.17, 15) is 13.2 Å². The molecule has 1 N–H and O–H groups in total. The lowest BCUT2D eigenvalue weighted by atomic mass is 10.0. The van der Waals surface area contributed by atoms with Crippen LogP contribution in [0, 0.1) is 5.92 Å². The number of alkyl halides is 3. The monoisotopic (exact) mass is 259 g/mol. The lowest BCUT2D eigenvalue weighted by Crippen LogP contribution is -2.33. The van der Waals surface area contributed by atoms with Gasteiger partial charge in [-0.15, -0.1) is 0 Å². The molecule has 5 heteroatoms. The van der Waals surface area contributed by atoms with Crippen molar-refractivity contribution < 1.29 is 17.9 Å². The summed E-state index contributed by atoms with van der Waals surface area (Å²) in [5.41, 5.74) is -0.644. The molecule has 2 nitrogen and oxygen atoms in total. The Bertz CT molecular complexity index is 369. The van der Waals surface area contributed by atoms with Gasteiger partial charge < -0.3 is 10.1 Å². The van der Waals surface area contributed by atoms with Gasteiger partial charge in [0.15, 0.2) is 0 Å². The molecule has 0 saturated carbocycles. The van der Waals surface area contributed by atoms with Crippen molar-refractivity contribution in [3.8, 4) is 5.75 Å². The van der Waals surface area contributed by atoms with Crippen molar-refractivity contribution in [3.63, 3.8) is 0 Å². The van der Waals surface area contributed by atoms with Crippen molar-refractivity contribution in [2.45, 2.75) is 19.0 Å². The summed E-state index contributed by atoms with van der Waals surface area (Å²) in [6.07, 6.45) is -2.06. The second-order valence-corrected chi connectivity index (χ2v) is 4.55. The first-order chi connectivity index (χ1) is 8.55. The fourth-order valence-corrected chi connectivity index (χ4v) is 2.02. The third-order valence-corrected chi connectivity index (χ3v) is 3.07. The molecule has 1 aromatic carbocycles. The molecule has 0 amide bonds. The zero-order chi connectivity index (χ0) is 13.0. The third kappa shape index (κ3) is 3.63. The van der Waals surface area contributed by atoms with Gasteiger partial charge in [0.2, 0.25) is 0 Å². The van der Waals surface area contributed by atoms with Crippen LogP contribution in [0.3, 0.4) is 0 Å². The molecule has 0 radical (unpaired) electrons. The molecule has 1 atom stereocenters. The van der Waals surface area contributed by atoms with Gasteiger partial charge in [0.25, 0.3) is 0 Å². The Morgan fingerprint density at radius 2 is 1.94 bits per heavy atom. The van der Waals surface area contributed by atoms with Crippen molar-refractivity contribution in [2.24, 2.45) is 5.92 Å². The van der Waals surface area contributed by atoms with Gasteiger partial charge in [-0.25, -0.2) is 0 Å². The van der Waals surface area contributed by atoms with E-state index in [2.05, 4.69) is 5.32 Å². The first-order valence-corrected chi connectivity index (χ1v) is 6.06. The number of nitrogens with one attached hydrogen (secondary N) is 1. The highest BCUT2D eigenvalue weighted by Gasteiger charge is 2.30. The van der Waals surface area contributed by atoms with Crippen LogP contribution in [-0.2, 0) is 6.18 Å². The number of piperidine rings is 1. The van der Waals surface area contributed by atoms with E-state index in [0.29, 0.717) is 18.3 Å². The molecule has 18 heavy (non-hydrogen) atoms. The Kier molecular flexibility index (Phi) is 4.11. The fraction of sp³-hybridized carbons (Fsp3) is 0.538. The van der Waals surface area contributed by atoms with Crippen LogP contribution < -0.4 is 10.1 Å². The predicted molar refractivity (Wildman–Crippen MR) is 62.5 cm³/mol. The number of benzene rings is 1. The fourth-order valence-electron chi connectivity index (χ4n) is 2.02. The van der Waals surface area contributed by atoms with Gasteiger partial charge in [0.05, 0.1) is 12.2 Å². The van der Waals surface area contributed by atoms with E-state index in [1.807, 2.05) is 0 Å². The van der Waals surface area contributed by atoms with Crippen LogP contribution in [0.5, 0.6) is 5.75 Å². The van der Waals surface area contributed by atoms with E-state index in [1.54, 1.807) is 0 Å². The highest BCUT2D eigenvalue weighted by molar-refractivity contribution is 5.28. The molecule has 0 aliphatic carbocycles. The second-order valence-electron chi connectivity index (χ2n) is 4.55. The molecular formula is C13H16F3NO. The maximum absolute atomic E-state index is 12.3. The lowest BCUT2D eigenvalue weighted by Gasteiger charge is -2.22. The topological polar surface area (TPSA) is 21.3 Å². The van der Waals surface area contributed by atoms with Crippen LogP contribution in [0.15, 0.2) is 24.3 Å². The van der Waals surface area contributed by atoms with E-state index in [-0.39, 0.29) is 0 Å². The van der Waals surface area contributed by atoms with Gasteiger partial charge in [-0.2, -0.15) is 13.2 Å². The van der Waals surface area contributed by atoms with E-state index in [0.717, 1.165) is 38.1 Å². The molecule has 1 saturated heterocycles. The largest absolute Gasteiger partial charge is 0.493 e. The van der Waals surface area contributed by atoms with Crippen molar-refractivity contribution in [1.29, 1.82) is 0 Å². The van der Waals surface area contributed by atoms with Gasteiger partial charge in [0, 0.05) is 12.5 Å². The molecule has 0 unspecified atom stereocenters. The van der Waals surface area contributed by atoms with Crippen LogP contribution in [0.1, 0.15) is 18.4 Å². The first-order valence-electron chi connectivity index (χ1n) is 6.06. The summed E-state index contributed by atoms with van der Waals surface area (Å²) in [5, 5.41) is 3.27. The summed E-state index contributed by atoms with van der Waals surface area (Å²) in [6, 6.07) is 4.85. The molecule has 2 rings (SSSR count). The van der Waals surface area contributed by atoms with E-state index < -0.39 is 11.7 Å². The number of rotatable bonds is 3. The number of ether oxygens (including phenoxy) is 1. The Hall–Kier alpha value is -1.23. The van der Waals surface area contributed by atoms with Crippen LogP contribution in [0.2, 0.25) is 0 Å². The number of halogens is 3. The predicted octanol–water partition coefficient (Wildman–Crippen LogP) is 3.08. The Balaban J connectivity index is 1.86. The van der Waals surface area contributed by atoms with E-state index in [1.165, 1.54) is 12.1 Å². The molecule has 1 heterocycles. The van der Waals surface area contributed by atoms with Crippen molar-refractivity contribution in [3.05, 3.63) is 29.8 Å². The minimum absolute atomic E-state index is 0.445. The van der Waals surface area contributed by atoms with Crippen molar-refractivity contribution in [2.75, 3.05) is 19.7 Å². The summed E-state index contributed by atoms with van der Waals surface area (Å²) in [7, 11) is 0. The minimum Gasteiger partial charge on any atom is -0.493 e. The van der Waals surface area contributed by atoms with Gasteiger partial charge in [-0.3, -0.25) is 0 Å². The SMILES string of the molecule is FC(F)(F)c1ccc(OC[C@@H]2CCCNC2)cc1. The van der Waals surface area contributed by atoms with E-state index in [4.69, 9.17) is 4.74 Å². The summed E-state index contributed by atoms with van der Waals surface area (Å²) in [5.74, 6) is 0.939. The highest BCUT2D eigenvalue weighted by Crippen LogP contribution is 2.30. The molecule has 1 fully saturated rings. The maximum atomic E-state index is 12.3. The molecule has 0 spiro atoms. The molecule has 1 aromatic rings. The Labute approximate surface area is 104 Å². The van der Waals surface area contributed by atoms with Crippen LogP contribution >= 0.6 is 0 Å². The molecule has 0 bridgehead atoms. The Morgan fingerprint density at radius 1 is 1.22 bits per heavy atom. The number of hydrogen-bond donors (Lipinski definition) is 1. The third-order valence-electron chi connectivity index (χ3n) is 3.07. The summed E-state index contributed by atoms with van der Waals surface area (Å²) in [6.45, 7) is 2.51. The second kappa shape index (κ2) is 5.61. The average molecular weight is 259 g/mol. The average Bonchev–Trinajstić information content (AvgIpc) is 2.37. The van der Waals surface area contributed by atoms with Crippen LogP contribution in [0.25, 0.3) is 0 Å². The summed E-state index contributed by atoms with van der Waals surface area (Å²) < 4.78 is 42.5. The van der Waals surface area contributed by atoms with Gasteiger partial charge >= 0.3 is 6.18 Å². The highest BCUT2D eigenvalue weighted by atomic mass is 19.4. The Morgan fingerprint density at radius 3 is 2.50 bits per heavy atom. The standard InChI is InChI=1S/C13H16F3NO/c14-13(15,16)11-3-5-12(6-4-11)18-9-10-2-1-7-17-8-10/h3-6,10,17H,1-2,7-9H2/t10-/m1/s1. The zero-order valence-electron chi connectivity index (χ0n) is 9.96. The van der Waals surface area contributed by atoms with Crippen molar-refractivity contribution >= 4 is 0 Å². The van der Waals surface area contributed by atoms with Gasteiger partial charge in [0.1, 0.15) is 5.75 Å². The van der Waals surface area contributed by atoms with Gasteiger partial charge in [-0.05, 0) is 43.7 Å². The lowest BCUT2D eigenvalue weighted by molar-refractivity contribution is -0.137. The maximum Gasteiger partial charge on any atom is 0.416 e. The van der Waals surface area contributed by atoms with Crippen LogP contribution in [0.4, 0.5) is 13.2 Å². The molecule has 0 aromatic heterocycles. The minimum atomic E-state index is -4.29. The van der Waals surface area contributed by atoms with Gasteiger partial charge in [-0.1, -0.05) is 0 Å².